The van der Waals surface area contributed by atoms with E-state index >= 15 is 0 Å². The third-order valence-electron chi connectivity index (χ3n) is 4.61. The molecule has 0 aliphatic carbocycles. The lowest BCUT2D eigenvalue weighted by atomic mass is 10.2. The molecule has 0 amide bonds. The fourth-order valence-electron chi connectivity index (χ4n) is 2.98. The number of guanidine groups is 1. The van der Waals surface area contributed by atoms with Crippen LogP contribution in [0, 0.1) is 5.82 Å². The zero-order valence-corrected chi connectivity index (χ0v) is 18.2. The van der Waals surface area contributed by atoms with Crippen molar-refractivity contribution in [1.29, 1.82) is 0 Å². The van der Waals surface area contributed by atoms with Crippen molar-refractivity contribution in [1.82, 2.24) is 20.6 Å². The molecule has 0 aliphatic rings. The van der Waals surface area contributed by atoms with E-state index in [2.05, 4.69) is 25.6 Å². The Bertz CT molecular complexity index is 1180. The van der Waals surface area contributed by atoms with E-state index < -0.39 is 0 Å². The van der Waals surface area contributed by atoms with E-state index in [-0.39, 0.29) is 5.82 Å². The van der Waals surface area contributed by atoms with Crippen LogP contribution in [0.15, 0.2) is 88.6 Å². The first-order chi connectivity index (χ1) is 16.2. The number of aliphatic imine (C=N–C) groups is 1. The van der Waals surface area contributed by atoms with Crippen molar-refractivity contribution in [3.05, 3.63) is 96.3 Å². The first-order valence-corrected chi connectivity index (χ1v) is 10.6. The number of hydrogen-bond donors (Lipinski definition) is 2. The summed E-state index contributed by atoms with van der Waals surface area (Å²) in [7, 11) is 0. The van der Waals surface area contributed by atoms with Crippen LogP contribution in [0.5, 0.6) is 11.6 Å². The Balaban J connectivity index is 1.33. The summed E-state index contributed by atoms with van der Waals surface area (Å²) in [6, 6.07) is 19.2. The molecule has 0 bridgehead atoms. The fraction of sp³-hybridized carbons (Fsp3) is 0.160. The Morgan fingerprint density at radius 1 is 1.03 bits per heavy atom. The maximum absolute atomic E-state index is 13.0. The molecular formula is C25H24FN5O2. The number of ether oxygens (including phenoxy) is 1. The standard InChI is InChI=1S/C25H24FN5O2/c1-2-27-25(30-16-21-17-32-24(31-21)19-6-4-3-5-7-19)29-15-18-8-13-23(28-14-18)33-22-11-9-20(26)10-12-22/h3-14,17H,2,15-16H2,1H3,(H2,27,29,30). The minimum atomic E-state index is -0.311. The highest BCUT2D eigenvalue weighted by Gasteiger charge is 2.07. The smallest absolute Gasteiger partial charge is 0.226 e. The number of halogens is 1. The second-order valence-corrected chi connectivity index (χ2v) is 7.12. The van der Waals surface area contributed by atoms with Crippen LogP contribution < -0.4 is 15.4 Å². The van der Waals surface area contributed by atoms with Crippen molar-refractivity contribution >= 4 is 5.96 Å². The molecule has 0 unspecified atom stereocenters. The summed E-state index contributed by atoms with van der Waals surface area (Å²) >= 11 is 0. The molecule has 2 aromatic carbocycles. The van der Waals surface area contributed by atoms with E-state index in [4.69, 9.17) is 9.15 Å². The van der Waals surface area contributed by atoms with Gasteiger partial charge in [-0.3, -0.25) is 0 Å². The third-order valence-corrected chi connectivity index (χ3v) is 4.61. The Kier molecular flexibility index (Phi) is 7.27. The summed E-state index contributed by atoms with van der Waals surface area (Å²) in [5.74, 6) is 1.89. The van der Waals surface area contributed by atoms with Crippen LogP contribution in [0.1, 0.15) is 18.2 Å². The van der Waals surface area contributed by atoms with Gasteiger partial charge in [-0.15, -0.1) is 0 Å². The number of nitrogens with one attached hydrogen (secondary N) is 2. The SMILES string of the molecule is CCNC(=NCc1ccc(Oc2ccc(F)cc2)nc1)NCc1coc(-c2ccccc2)n1. The maximum atomic E-state index is 13.0. The predicted octanol–water partition coefficient (Wildman–Crippen LogP) is 4.92. The summed E-state index contributed by atoms with van der Waals surface area (Å²) in [5.41, 5.74) is 2.64. The van der Waals surface area contributed by atoms with Gasteiger partial charge >= 0.3 is 0 Å². The Labute approximate surface area is 191 Å². The molecule has 0 atom stereocenters. The lowest BCUT2D eigenvalue weighted by molar-refractivity contribution is 0.461. The highest BCUT2D eigenvalue weighted by atomic mass is 19.1. The predicted molar refractivity (Wildman–Crippen MR) is 124 cm³/mol. The zero-order chi connectivity index (χ0) is 22.9. The molecule has 4 rings (SSSR count). The van der Waals surface area contributed by atoms with E-state index in [9.17, 15) is 4.39 Å². The molecule has 2 heterocycles. The van der Waals surface area contributed by atoms with Crippen molar-refractivity contribution in [2.45, 2.75) is 20.0 Å². The molecule has 7 nitrogen and oxygen atoms in total. The molecule has 33 heavy (non-hydrogen) atoms. The quantitative estimate of drug-likeness (QED) is 0.296. The van der Waals surface area contributed by atoms with Gasteiger partial charge in [-0.1, -0.05) is 24.3 Å². The molecule has 4 aromatic rings. The van der Waals surface area contributed by atoms with Gasteiger partial charge in [0.25, 0.3) is 0 Å². The number of nitrogens with zero attached hydrogens (tertiary/aromatic N) is 3. The molecule has 0 spiro atoms. The minimum Gasteiger partial charge on any atom is -0.444 e. The van der Waals surface area contributed by atoms with Gasteiger partial charge in [0.1, 0.15) is 17.8 Å². The van der Waals surface area contributed by atoms with Gasteiger partial charge in [0.05, 0.1) is 18.8 Å². The highest BCUT2D eigenvalue weighted by molar-refractivity contribution is 5.79. The van der Waals surface area contributed by atoms with Gasteiger partial charge in [-0.25, -0.2) is 19.4 Å². The average molecular weight is 445 g/mol. The molecule has 2 aromatic heterocycles. The lowest BCUT2D eigenvalue weighted by Gasteiger charge is -2.10. The van der Waals surface area contributed by atoms with Crippen LogP contribution >= 0.6 is 0 Å². The van der Waals surface area contributed by atoms with E-state index in [1.54, 1.807) is 30.7 Å². The first-order valence-electron chi connectivity index (χ1n) is 10.6. The monoisotopic (exact) mass is 445 g/mol. The van der Waals surface area contributed by atoms with Crippen LogP contribution in [-0.4, -0.2) is 22.5 Å². The number of aromatic nitrogens is 2. The Morgan fingerprint density at radius 2 is 1.85 bits per heavy atom. The van der Waals surface area contributed by atoms with Crippen molar-refractivity contribution in [3.8, 4) is 23.1 Å². The number of pyridine rings is 1. The second kappa shape index (κ2) is 10.9. The lowest BCUT2D eigenvalue weighted by Crippen LogP contribution is -2.36. The average Bonchev–Trinajstić information content (AvgIpc) is 3.33. The van der Waals surface area contributed by atoms with Crippen molar-refractivity contribution < 1.29 is 13.5 Å². The molecule has 0 saturated heterocycles. The zero-order valence-electron chi connectivity index (χ0n) is 18.2. The van der Waals surface area contributed by atoms with Crippen molar-refractivity contribution in [2.24, 2.45) is 4.99 Å². The Morgan fingerprint density at radius 3 is 2.58 bits per heavy atom. The highest BCUT2D eigenvalue weighted by Crippen LogP contribution is 2.20. The third kappa shape index (κ3) is 6.39. The fourth-order valence-corrected chi connectivity index (χ4v) is 2.98. The van der Waals surface area contributed by atoms with Gasteiger partial charge < -0.3 is 19.8 Å². The minimum absolute atomic E-state index is 0.311. The van der Waals surface area contributed by atoms with E-state index in [1.807, 2.05) is 43.3 Å². The van der Waals surface area contributed by atoms with Crippen LogP contribution in [0.3, 0.4) is 0 Å². The van der Waals surface area contributed by atoms with Crippen LogP contribution in [-0.2, 0) is 13.1 Å². The number of benzene rings is 2. The van der Waals surface area contributed by atoms with Crippen molar-refractivity contribution in [3.63, 3.8) is 0 Å². The molecule has 0 radical (unpaired) electrons. The molecule has 2 N–H and O–H groups in total. The molecular weight excluding hydrogens is 421 g/mol. The first kappa shape index (κ1) is 22.0. The van der Waals surface area contributed by atoms with Gasteiger partial charge in [0, 0.05) is 24.4 Å². The number of oxazole rings is 1. The normalized spacial score (nSPS) is 11.3. The molecule has 0 aliphatic heterocycles. The summed E-state index contributed by atoms with van der Waals surface area (Å²) in [4.78, 5) is 13.4. The van der Waals surface area contributed by atoms with Gasteiger partial charge in [0.2, 0.25) is 11.8 Å². The number of hydrogen-bond acceptors (Lipinski definition) is 5. The molecule has 0 fully saturated rings. The van der Waals surface area contributed by atoms with Crippen LogP contribution in [0.2, 0.25) is 0 Å². The van der Waals surface area contributed by atoms with E-state index in [1.165, 1.54) is 12.1 Å². The molecule has 8 heteroatoms. The second-order valence-electron chi connectivity index (χ2n) is 7.12. The van der Waals surface area contributed by atoms with Crippen LogP contribution in [0.4, 0.5) is 4.39 Å². The maximum Gasteiger partial charge on any atom is 0.226 e. The summed E-state index contributed by atoms with van der Waals surface area (Å²) in [6.45, 7) is 3.64. The van der Waals surface area contributed by atoms with Crippen molar-refractivity contribution in [2.75, 3.05) is 6.54 Å². The Hall–Kier alpha value is -4.20. The number of rotatable bonds is 8. The van der Waals surface area contributed by atoms with Crippen LogP contribution in [0.25, 0.3) is 11.5 Å². The largest absolute Gasteiger partial charge is 0.444 e. The van der Waals surface area contributed by atoms with E-state index in [0.29, 0.717) is 36.6 Å². The topological polar surface area (TPSA) is 84.6 Å². The van der Waals surface area contributed by atoms with E-state index in [0.717, 1.165) is 23.4 Å². The summed E-state index contributed by atoms with van der Waals surface area (Å²) < 4.78 is 24.2. The molecule has 0 saturated carbocycles. The summed E-state index contributed by atoms with van der Waals surface area (Å²) in [5, 5.41) is 6.48. The van der Waals surface area contributed by atoms with Gasteiger partial charge in [0.15, 0.2) is 5.96 Å². The molecule has 168 valence electrons. The van der Waals surface area contributed by atoms with Gasteiger partial charge in [-0.05, 0) is 48.9 Å². The summed E-state index contributed by atoms with van der Waals surface area (Å²) in [6.07, 6.45) is 3.35. The van der Waals surface area contributed by atoms with Gasteiger partial charge in [-0.2, -0.15) is 0 Å².